The van der Waals surface area contributed by atoms with Gasteiger partial charge in [0.1, 0.15) is 13.2 Å². The zero-order chi connectivity index (χ0) is 22.1. The Morgan fingerprint density at radius 3 is 2.69 bits per heavy atom. The van der Waals surface area contributed by atoms with Gasteiger partial charge in [-0.1, -0.05) is 13.8 Å². The molecule has 5 fully saturated rings. The quantitative estimate of drug-likeness (QED) is 0.501. The van der Waals surface area contributed by atoms with E-state index in [-0.39, 0.29) is 17.8 Å². The number of carbonyl (C=O) groups is 1. The molecule has 4 saturated heterocycles. The van der Waals surface area contributed by atoms with Gasteiger partial charge >= 0.3 is 5.97 Å². The first-order valence-electron chi connectivity index (χ1n) is 11.7. The minimum Gasteiger partial charge on any atom is -0.486 e. The molecular formula is C24H30O8. The van der Waals surface area contributed by atoms with E-state index < -0.39 is 29.9 Å². The van der Waals surface area contributed by atoms with Crippen LogP contribution in [-0.2, 0) is 24.0 Å². The average molecular weight is 446 g/mol. The van der Waals surface area contributed by atoms with E-state index in [1.807, 2.05) is 6.92 Å². The maximum atomic E-state index is 13.0. The maximum absolute atomic E-state index is 13.0. The van der Waals surface area contributed by atoms with Crippen LogP contribution in [0.4, 0.5) is 0 Å². The highest BCUT2D eigenvalue weighted by atomic mass is 17.3. The van der Waals surface area contributed by atoms with Crippen LogP contribution >= 0.6 is 0 Å². The number of fused-ring (bicyclic) bond motifs is 3. The van der Waals surface area contributed by atoms with Gasteiger partial charge in [-0.2, -0.15) is 0 Å². The van der Waals surface area contributed by atoms with Crippen molar-refractivity contribution in [1.29, 1.82) is 0 Å². The summed E-state index contributed by atoms with van der Waals surface area (Å²) < 4.78 is 29.7. The van der Waals surface area contributed by atoms with Crippen molar-refractivity contribution in [3.8, 4) is 11.5 Å². The SMILES string of the molecule is C[C@H]1[C@@H](OC(=O)c2ccc3c(c2)OCCO3)O[C@@H]2O[C@@]3(C)CC[C@H]4[C@H](C)CC[C@@H]1[C@@]24OO3. The smallest absolute Gasteiger partial charge is 0.340 e. The monoisotopic (exact) mass is 446 g/mol. The predicted octanol–water partition coefficient (Wildman–Crippen LogP) is 3.82. The second-order valence-electron chi connectivity index (χ2n) is 10.0. The molecule has 1 saturated carbocycles. The van der Waals surface area contributed by atoms with Crippen LogP contribution in [0.15, 0.2) is 18.2 Å². The van der Waals surface area contributed by atoms with Crippen LogP contribution in [-0.4, -0.2) is 43.2 Å². The topological polar surface area (TPSA) is 81.7 Å². The average Bonchev–Trinajstić information content (AvgIpc) is 3.03. The van der Waals surface area contributed by atoms with Gasteiger partial charge in [-0.3, -0.25) is 0 Å². The third kappa shape index (κ3) is 3.00. The Bertz CT molecular complexity index is 919. The van der Waals surface area contributed by atoms with Crippen LogP contribution in [0.1, 0.15) is 56.8 Å². The normalized spacial score (nSPS) is 44.3. The molecule has 0 unspecified atom stereocenters. The molecule has 32 heavy (non-hydrogen) atoms. The molecule has 1 aromatic rings. The van der Waals surface area contributed by atoms with Crippen molar-refractivity contribution in [2.45, 2.75) is 70.4 Å². The second-order valence-corrected chi connectivity index (χ2v) is 10.0. The highest BCUT2D eigenvalue weighted by Gasteiger charge is 2.69. The highest BCUT2D eigenvalue weighted by molar-refractivity contribution is 5.90. The summed E-state index contributed by atoms with van der Waals surface area (Å²) in [5, 5.41) is 0. The van der Waals surface area contributed by atoms with E-state index in [2.05, 4.69) is 13.8 Å². The summed E-state index contributed by atoms with van der Waals surface area (Å²) >= 11 is 0. The van der Waals surface area contributed by atoms with Crippen molar-refractivity contribution in [2.24, 2.45) is 23.7 Å². The Morgan fingerprint density at radius 2 is 1.84 bits per heavy atom. The van der Waals surface area contributed by atoms with E-state index in [4.69, 9.17) is 33.5 Å². The molecule has 0 radical (unpaired) electrons. The van der Waals surface area contributed by atoms with Gasteiger partial charge in [0.2, 0.25) is 12.1 Å². The Balaban J connectivity index is 1.27. The first kappa shape index (κ1) is 20.7. The Kier molecular flexibility index (Phi) is 4.74. The standard InChI is InChI=1S/C24H30O8/c1-13-4-6-17-14(2)21(28-20(25)15-5-7-18-19(12-15)27-11-10-26-18)29-22-24(17)16(13)8-9-23(3,30-22)31-32-24/h5,7,12-14,16-17,21-22H,4,6,8-11H2,1-3H3/t13-,14-,16+,17+,21+,22-,23-,24-/m1/s1. The number of hydrogen-bond donors (Lipinski definition) is 0. The maximum Gasteiger partial charge on any atom is 0.340 e. The molecule has 8 atom stereocenters. The first-order valence-corrected chi connectivity index (χ1v) is 11.7. The first-order chi connectivity index (χ1) is 15.4. The summed E-state index contributed by atoms with van der Waals surface area (Å²) in [5.41, 5.74) is -0.275. The van der Waals surface area contributed by atoms with Gasteiger partial charge in [0, 0.05) is 18.3 Å². The van der Waals surface area contributed by atoms with E-state index in [0.29, 0.717) is 36.2 Å². The van der Waals surface area contributed by atoms with Gasteiger partial charge in [-0.25, -0.2) is 14.6 Å². The molecule has 1 aromatic carbocycles. The van der Waals surface area contributed by atoms with Crippen LogP contribution in [0, 0.1) is 23.7 Å². The second kappa shape index (κ2) is 7.32. The van der Waals surface area contributed by atoms with Crippen LogP contribution < -0.4 is 9.47 Å². The van der Waals surface area contributed by atoms with E-state index in [0.717, 1.165) is 25.7 Å². The van der Waals surface area contributed by atoms with Gasteiger partial charge in [-0.05, 0) is 56.2 Å². The molecule has 0 N–H and O–H groups in total. The molecular weight excluding hydrogens is 416 g/mol. The van der Waals surface area contributed by atoms with Gasteiger partial charge in [0.25, 0.3) is 0 Å². The summed E-state index contributed by atoms with van der Waals surface area (Å²) in [7, 11) is 0. The molecule has 1 aliphatic carbocycles. The van der Waals surface area contributed by atoms with Crippen LogP contribution in [0.5, 0.6) is 11.5 Å². The molecule has 6 aliphatic rings. The Morgan fingerprint density at radius 1 is 1.03 bits per heavy atom. The lowest BCUT2D eigenvalue weighted by Gasteiger charge is -2.59. The summed E-state index contributed by atoms with van der Waals surface area (Å²) in [6.45, 7) is 7.17. The molecule has 0 amide bonds. The Labute approximate surface area is 187 Å². The Hall–Kier alpha value is -1.87. The lowest BCUT2D eigenvalue weighted by Crippen LogP contribution is -2.70. The van der Waals surface area contributed by atoms with Crippen molar-refractivity contribution >= 4 is 5.97 Å². The third-order valence-corrected chi connectivity index (χ3v) is 8.10. The van der Waals surface area contributed by atoms with Crippen molar-refractivity contribution < 1.29 is 38.3 Å². The number of benzene rings is 1. The van der Waals surface area contributed by atoms with Gasteiger partial charge in [0.05, 0.1) is 5.56 Å². The molecule has 2 bridgehead atoms. The number of rotatable bonds is 2. The number of esters is 1. The lowest BCUT2D eigenvalue weighted by atomic mass is 9.58. The minimum absolute atomic E-state index is 0.0722. The number of ether oxygens (including phenoxy) is 5. The number of carbonyl (C=O) groups excluding carboxylic acids is 1. The molecule has 8 nitrogen and oxygen atoms in total. The van der Waals surface area contributed by atoms with Crippen LogP contribution in [0.2, 0.25) is 0 Å². The van der Waals surface area contributed by atoms with Gasteiger partial charge in [0.15, 0.2) is 23.4 Å². The molecule has 7 rings (SSSR count). The number of hydrogen-bond acceptors (Lipinski definition) is 8. The molecule has 5 aliphatic heterocycles. The van der Waals surface area contributed by atoms with E-state index >= 15 is 0 Å². The van der Waals surface area contributed by atoms with E-state index in [1.165, 1.54) is 0 Å². The highest BCUT2D eigenvalue weighted by Crippen LogP contribution is 2.60. The van der Waals surface area contributed by atoms with Gasteiger partial charge in [-0.15, -0.1) is 0 Å². The molecule has 0 aromatic heterocycles. The minimum atomic E-state index is -0.859. The molecule has 1 spiro atoms. The third-order valence-electron chi connectivity index (χ3n) is 8.10. The lowest BCUT2D eigenvalue weighted by molar-refractivity contribution is -0.576. The largest absolute Gasteiger partial charge is 0.486 e. The summed E-state index contributed by atoms with van der Waals surface area (Å²) in [6.07, 6.45) is 2.36. The summed E-state index contributed by atoms with van der Waals surface area (Å²) in [4.78, 5) is 25.0. The summed E-state index contributed by atoms with van der Waals surface area (Å²) in [5.74, 6) is 0.643. The van der Waals surface area contributed by atoms with E-state index in [9.17, 15) is 4.79 Å². The molecule has 5 heterocycles. The van der Waals surface area contributed by atoms with E-state index in [1.54, 1.807) is 18.2 Å². The zero-order valence-electron chi connectivity index (χ0n) is 18.7. The van der Waals surface area contributed by atoms with Crippen LogP contribution in [0.25, 0.3) is 0 Å². The van der Waals surface area contributed by atoms with Crippen LogP contribution in [0.3, 0.4) is 0 Å². The summed E-state index contributed by atoms with van der Waals surface area (Å²) in [6, 6.07) is 5.08. The predicted molar refractivity (Wildman–Crippen MR) is 110 cm³/mol. The van der Waals surface area contributed by atoms with Crippen molar-refractivity contribution in [3.63, 3.8) is 0 Å². The van der Waals surface area contributed by atoms with Crippen molar-refractivity contribution in [3.05, 3.63) is 23.8 Å². The fraction of sp³-hybridized carbons (Fsp3) is 0.708. The zero-order valence-corrected chi connectivity index (χ0v) is 18.7. The molecule has 174 valence electrons. The van der Waals surface area contributed by atoms with Crippen molar-refractivity contribution in [1.82, 2.24) is 0 Å². The fourth-order valence-corrected chi connectivity index (χ4v) is 6.35. The van der Waals surface area contributed by atoms with Crippen molar-refractivity contribution in [2.75, 3.05) is 13.2 Å². The van der Waals surface area contributed by atoms with Gasteiger partial charge < -0.3 is 23.7 Å². The molecule has 8 heteroatoms. The fourth-order valence-electron chi connectivity index (χ4n) is 6.35.